The molecule has 0 aliphatic heterocycles. The predicted molar refractivity (Wildman–Crippen MR) is 95.5 cm³/mol. The van der Waals surface area contributed by atoms with Gasteiger partial charge in [0.2, 0.25) is 12.3 Å². The van der Waals surface area contributed by atoms with E-state index >= 15 is 0 Å². The van der Waals surface area contributed by atoms with Crippen LogP contribution in [-0.4, -0.2) is 35.7 Å². The standard InChI is InChI=1S/C18H16F3N5O2/c1-25(2)14-6-4-12(19)7-15(14)26(10-27)9-13-5-3-11(8-22-13)17-23-24-18(28-17)16(20)21/h3-8,10,16H,9H2,1-2H3. The van der Waals surface area contributed by atoms with Crippen molar-refractivity contribution in [3.05, 3.63) is 53.9 Å². The molecule has 0 bridgehead atoms. The maximum absolute atomic E-state index is 13.7. The molecule has 10 heteroatoms. The zero-order chi connectivity index (χ0) is 20.3. The Morgan fingerprint density at radius 1 is 1.14 bits per heavy atom. The number of amides is 1. The highest BCUT2D eigenvalue weighted by Crippen LogP contribution is 2.29. The maximum Gasteiger partial charge on any atom is 0.314 e. The third kappa shape index (κ3) is 4.11. The van der Waals surface area contributed by atoms with Crippen LogP contribution in [0.15, 0.2) is 40.9 Å². The molecular weight excluding hydrogens is 375 g/mol. The molecule has 0 fully saturated rings. The first-order valence-electron chi connectivity index (χ1n) is 8.14. The Bertz CT molecular complexity index is 960. The topological polar surface area (TPSA) is 75.4 Å². The van der Waals surface area contributed by atoms with Crippen molar-refractivity contribution in [1.29, 1.82) is 0 Å². The molecule has 0 aliphatic rings. The highest BCUT2D eigenvalue weighted by atomic mass is 19.3. The molecule has 0 unspecified atom stereocenters. The average molecular weight is 391 g/mol. The van der Waals surface area contributed by atoms with Gasteiger partial charge in [-0.1, -0.05) is 0 Å². The summed E-state index contributed by atoms with van der Waals surface area (Å²) < 4.78 is 43.6. The van der Waals surface area contributed by atoms with Crippen LogP contribution >= 0.6 is 0 Å². The molecule has 28 heavy (non-hydrogen) atoms. The number of hydrogen-bond donors (Lipinski definition) is 0. The van der Waals surface area contributed by atoms with Crippen molar-refractivity contribution < 1.29 is 22.4 Å². The molecule has 3 aromatic rings. The lowest BCUT2D eigenvalue weighted by Crippen LogP contribution is -2.24. The van der Waals surface area contributed by atoms with E-state index in [1.807, 2.05) is 0 Å². The number of benzene rings is 1. The van der Waals surface area contributed by atoms with Gasteiger partial charge in [-0.15, -0.1) is 10.2 Å². The van der Waals surface area contributed by atoms with Gasteiger partial charge in [-0.3, -0.25) is 9.78 Å². The highest BCUT2D eigenvalue weighted by molar-refractivity contribution is 5.83. The van der Waals surface area contributed by atoms with E-state index in [9.17, 15) is 18.0 Å². The number of rotatable bonds is 7. The van der Waals surface area contributed by atoms with Gasteiger partial charge in [-0.25, -0.2) is 4.39 Å². The highest BCUT2D eigenvalue weighted by Gasteiger charge is 2.18. The molecule has 2 aromatic heterocycles. The molecule has 1 aromatic carbocycles. The Labute approximate surface area is 158 Å². The second-order valence-corrected chi connectivity index (χ2v) is 6.05. The van der Waals surface area contributed by atoms with E-state index < -0.39 is 18.1 Å². The van der Waals surface area contributed by atoms with Gasteiger partial charge in [0.15, 0.2) is 0 Å². The monoisotopic (exact) mass is 391 g/mol. The molecule has 2 heterocycles. The average Bonchev–Trinajstić information content (AvgIpc) is 3.17. The fourth-order valence-electron chi connectivity index (χ4n) is 2.54. The van der Waals surface area contributed by atoms with Crippen molar-refractivity contribution in [2.24, 2.45) is 0 Å². The van der Waals surface area contributed by atoms with Gasteiger partial charge in [0.25, 0.3) is 5.89 Å². The Hall–Kier alpha value is -3.43. The minimum atomic E-state index is -2.85. The molecule has 0 saturated carbocycles. The minimum Gasteiger partial charge on any atom is -0.415 e. The molecule has 0 spiro atoms. The summed E-state index contributed by atoms with van der Waals surface area (Å²) in [4.78, 5) is 18.9. The molecule has 146 valence electrons. The van der Waals surface area contributed by atoms with E-state index in [1.165, 1.54) is 23.2 Å². The zero-order valence-corrected chi connectivity index (χ0v) is 15.0. The van der Waals surface area contributed by atoms with E-state index in [0.717, 1.165) is 0 Å². The number of alkyl halides is 2. The summed E-state index contributed by atoms with van der Waals surface area (Å²) in [6.45, 7) is 0.0835. The number of carbonyl (C=O) groups is 1. The summed E-state index contributed by atoms with van der Waals surface area (Å²) in [7, 11) is 3.57. The Kier molecular flexibility index (Phi) is 5.57. The zero-order valence-electron chi connectivity index (χ0n) is 15.0. The summed E-state index contributed by atoms with van der Waals surface area (Å²) in [5, 5.41) is 6.81. The summed E-state index contributed by atoms with van der Waals surface area (Å²) in [5.74, 6) is -1.32. The molecule has 0 atom stereocenters. The molecule has 1 amide bonds. The molecular formula is C18H16F3N5O2. The van der Waals surface area contributed by atoms with Crippen LogP contribution in [-0.2, 0) is 11.3 Å². The first-order valence-corrected chi connectivity index (χ1v) is 8.14. The minimum absolute atomic E-state index is 0.0818. The summed E-state index contributed by atoms with van der Waals surface area (Å²) >= 11 is 0. The first kappa shape index (κ1) is 19.3. The second kappa shape index (κ2) is 8.07. The van der Waals surface area contributed by atoms with E-state index in [1.54, 1.807) is 37.2 Å². The van der Waals surface area contributed by atoms with Gasteiger partial charge in [-0.2, -0.15) is 8.78 Å². The number of pyridine rings is 1. The molecule has 0 saturated heterocycles. The lowest BCUT2D eigenvalue weighted by Gasteiger charge is -2.24. The molecule has 7 nitrogen and oxygen atoms in total. The number of halogens is 3. The first-order chi connectivity index (χ1) is 13.4. The summed E-state index contributed by atoms with van der Waals surface area (Å²) in [6, 6.07) is 7.31. The van der Waals surface area contributed by atoms with Gasteiger partial charge >= 0.3 is 6.43 Å². The van der Waals surface area contributed by atoms with Crippen LogP contribution in [0.3, 0.4) is 0 Å². The Balaban J connectivity index is 1.82. The van der Waals surface area contributed by atoms with E-state index in [2.05, 4.69) is 15.2 Å². The lowest BCUT2D eigenvalue weighted by molar-refractivity contribution is -0.107. The number of nitrogens with zero attached hydrogens (tertiary/aromatic N) is 5. The van der Waals surface area contributed by atoms with Crippen molar-refractivity contribution in [2.45, 2.75) is 13.0 Å². The normalized spacial score (nSPS) is 10.9. The van der Waals surface area contributed by atoms with Crippen LogP contribution < -0.4 is 9.80 Å². The number of carbonyl (C=O) groups excluding carboxylic acids is 1. The fourth-order valence-corrected chi connectivity index (χ4v) is 2.54. The fraction of sp³-hybridized carbons (Fsp3) is 0.222. The van der Waals surface area contributed by atoms with Crippen LogP contribution in [0.4, 0.5) is 24.5 Å². The van der Waals surface area contributed by atoms with Crippen LogP contribution in [0, 0.1) is 5.82 Å². The predicted octanol–water partition coefficient (Wildman–Crippen LogP) is 3.44. The molecule has 3 rings (SSSR count). The van der Waals surface area contributed by atoms with Crippen molar-refractivity contribution in [2.75, 3.05) is 23.9 Å². The maximum atomic E-state index is 13.7. The largest absolute Gasteiger partial charge is 0.415 e. The molecule has 0 N–H and O–H groups in total. The van der Waals surface area contributed by atoms with Gasteiger partial charge in [-0.05, 0) is 30.3 Å². The van der Waals surface area contributed by atoms with Crippen LogP contribution in [0.5, 0.6) is 0 Å². The Morgan fingerprint density at radius 2 is 1.93 bits per heavy atom. The number of hydrogen-bond acceptors (Lipinski definition) is 6. The summed E-state index contributed by atoms with van der Waals surface area (Å²) in [6.07, 6.45) is -0.893. The Morgan fingerprint density at radius 3 is 2.50 bits per heavy atom. The number of anilines is 2. The van der Waals surface area contributed by atoms with Crippen molar-refractivity contribution in [1.82, 2.24) is 15.2 Å². The SMILES string of the molecule is CN(C)c1ccc(F)cc1N(C=O)Cc1ccc(-c2nnc(C(F)F)o2)cn1. The lowest BCUT2D eigenvalue weighted by atomic mass is 10.2. The van der Waals surface area contributed by atoms with Crippen LogP contribution in [0.25, 0.3) is 11.5 Å². The van der Waals surface area contributed by atoms with E-state index in [-0.39, 0.29) is 12.4 Å². The third-order valence-corrected chi connectivity index (χ3v) is 3.89. The smallest absolute Gasteiger partial charge is 0.314 e. The van der Waals surface area contributed by atoms with E-state index in [0.29, 0.717) is 29.0 Å². The summed E-state index contributed by atoms with van der Waals surface area (Å²) in [5.41, 5.74) is 1.92. The van der Waals surface area contributed by atoms with Crippen molar-refractivity contribution in [3.63, 3.8) is 0 Å². The van der Waals surface area contributed by atoms with Crippen LogP contribution in [0.1, 0.15) is 18.0 Å². The molecule has 0 aliphatic carbocycles. The quantitative estimate of drug-likeness (QED) is 0.575. The van der Waals surface area contributed by atoms with Crippen molar-refractivity contribution in [3.8, 4) is 11.5 Å². The number of aromatic nitrogens is 3. The van der Waals surface area contributed by atoms with Gasteiger partial charge in [0.05, 0.1) is 29.2 Å². The van der Waals surface area contributed by atoms with Gasteiger partial charge < -0.3 is 14.2 Å². The second-order valence-electron chi connectivity index (χ2n) is 6.05. The van der Waals surface area contributed by atoms with Gasteiger partial charge in [0, 0.05) is 20.3 Å². The van der Waals surface area contributed by atoms with Crippen LogP contribution in [0.2, 0.25) is 0 Å². The van der Waals surface area contributed by atoms with E-state index in [4.69, 9.17) is 4.42 Å². The van der Waals surface area contributed by atoms with Gasteiger partial charge in [0.1, 0.15) is 5.82 Å². The third-order valence-electron chi connectivity index (χ3n) is 3.89. The molecule has 0 radical (unpaired) electrons. The van der Waals surface area contributed by atoms with Crippen molar-refractivity contribution >= 4 is 17.8 Å².